The fourth-order valence-electron chi connectivity index (χ4n) is 2.66. The molecule has 2 aromatic carbocycles. The Labute approximate surface area is 182 Å². The Morgan fingerprint density at radius 3 is 1.54 bits per heavy atom. The van der Waals surface area contributed by atoms with Crippen LogP contribution in [0.15, 0.2) is 45.3 Å². The fourth-order valence-corrected chi connectivity index (χ4v) is 3.34. The van der Waals surface area contributed by atoms with Crippen molar-refractivity contribution in [3.05, 3.63) is 45.3 Å². The van der Waals surface area contributed by atoms with E-state index < -0.39 is 0 Å². The van der Waals surface area contributed by atoms with E-state index in [4.69, 9.17) is 18.9 Å². The van der Waals surface area contributed by atoms with Crippen LogP contribution in [-0.4, -0.2) is 52.7 Å². The van der Waals surface area contributed by atoms with E-state index in [1.54, 1.807) is 0 Å². The van der Waals surface area contributed by atoms with Crippen LogP contribution in [0.4, 0.5) is 11.4 Å². The van der Waals surface area contributed by atoms with Crippen molar-refractivity contribution in [1.29, 1.82) is 0 Å². The summed E-state index contributed by atoms with van der Waals surface area (Å²) in [6.45, 7) is 4.57. The molecule has 152 valence electrons. The number of nitrogens with one attached hydrogen (secondary N) is 2. The molecule has 6 nitrogen and oxygen atoms in total. The number of anilines is 2. The van der Waals surface area contributed by atoms with Crippen molar-refractivity contribution < 1.29 is 18.9 Å². The number of hydrogen-bond donors (Lipinski definition) is 2. The van der Waals surface area contributed by atoms with Crippen molar-refractivity contribution >= 4 is 43.2 Å². The van der Waals surface area contributed by atoms with Crippen LogP contribution in [0.5, 0.6) is 11.5 Å². The molecule has 2 N–H and O–H groups in total. The summed E-state index contributed by atoms with van der Waals surface area (Å²) in [5, 5.41) is 6.70. The summed E-state index contributed by atoms with van der Waals surface area (Å²) in [5.41, 5.74) is 1.85. The second-order valence-electron chi connectivity index (χ2n) is 6.06. The molecule has 0 unspecified atom stereocenters. The van der Waals surface area contributed by atoms with E-state index in [-0.39, 0.29) is 0 Å². The van der Waals surface area contributed by atoms with Gasteiger partial charge < -0.3 is 29.6 Å². The summed E-state index contributed by atoms with van der Waals surface area (Å²) in [6, 6.07) is 11.8. The Hall–Kier alpha value is -1.48. The molecule has 0 spiro atoms. The first-order valence-electron chi connectivity index (χ1n) is 9.20. The monoisotopic (exact) mass is 514 g/mol. The topological polar surface area (TPSA) is 61.0 Å². The molecule has 0 aliphatic carbocycles. The molecule has 28 heavy (non-hydrogen) atoms. The van der Waals surface area contributed by atoms with Gasteiger partial charge in [0.05, 0.1) is 37.8 Å². The van der Waals surface area contributed by atoms with Gasteiger partial charge in [0.1, 0.15) is 24.7 Å². The predicted molar refractivity (Wildman–Crippen MR) is 118 cm³/mol. The van der Waals surface area contributed by atoms with E-state index in [0.29, 0.717) is 52.7 Å². The number of benzene rings is 2. The lowest BCUT2D eigenvalue weighted by molar-refractivity contribution is 0.0556. The SMILES string of the molecule is Brc1ccc2c(c1)OCCOc1cc(Br)ccc1NCCOCCOCCN2. The molecule has 1 aliphatic heterocycles. The average Bonchev–Trinajstić information content (AvgIpc) is 2.68. The van der Waals surface area contributed by atoms with Crippen LogP contribution < -0.4 is 20.1 Å². The zero-order valence-corrected chi connectivity index (χ0v) is 18.7. The van der Waals surface area contributed by atoms with Gasteiger partial charge in [-0.1, -0.05) is 31.9 Å². The molecule has 0 saturated heterocycles. The Morgan fingerprint density at radius 1 is 0.607 bits per heavy atom. The third-order valence-corrected chi connectivity index (χ3v) is 4.97. The molecule has 8 heteroatoms. The van der Waals surface area contributed by atoms with Crippen molar-refractivity contribution in [2.24, 2.45) is 0 Å². The highest BCUT2D eigenvalue weighted by atomic mass is 79.9. The molecule has 0 atom stereocenters. The summed E-state index contributed by atoms with van der Waals surface area (Å²) in [4.78, 5) is 0. The number of rotatable bonds is 0. The smallest absolute Gasteiger partial charge is 0.143 e. The molecule has 0 amide bonds. The van der Waals surface area contributed by atoms with Gasteiger partial charge in [-0.25, -0.2) is 0 Å². The highest BCUT2D eigenvalue weighted by molar-refractivity contribution is 9.10. The number of hydrogen-bond acceptors (Lipinski definition) is 6. The summed E-state index contributed by atoms with van der Waals surface area (Å²) >= 11 is 6.99. The molecule has 0 fully saturated rings. The second-order valence-corrected chi connectivity index (χ2v) is 7.89. The minimum Gasteiger partial charge on any atom is -0.488 e. The highest BCUT2D eigenvalue weighted by Gasteiger charge is 2.08. The molecule has 3 rings (SSSR count). The maximum absolute atomic E-state index is 5.95. The van der Waals surface area contributed by atoms with Crippen molar-refractivity contribution in [2.45, 2.75) is 0 Å². The van der Waals surface area contributed by atoms with E-state index in [2.05, 4.69) is 42.5 Å². The third kappa shape index (κ3) is 6.84. The molecule has 1 aliphatic rings. The van der Waals surface area contributed by atoms with Crippen LogP contribution in [0.1, 0.15) is 0 Å². The molecule has 0 aromatic heterocycles. The lowest BCUT2D eigenvalue weighted by atomic mass is 10.3. The van der Waals surface area contributed by atoms with Gasteiger partial charge in [-0.2, -0.15) is 0 Å². The predicted octanol–water partition coefficient (Wildman–Crippen LogP) is 4.54. The summed E-state index contributed by atoms with van der Waals surface area (Å²) < 4.78 is 25.0. The van der Waals surface area contributed by atoms with Crippen LogP contribution >= 0.6 is 31.9 Å². The van der Waals surface area contributed by atoms with Crippen molar-refractivity contribution in [2.75, 3.05) is 63.4 Å². The first-order chi connectivity index (χ1) is 13.7. The van der Waals surface area contributed by atoms with Crippen molar-refractivity contribution in [3.63, 3.8) is 0 Å². The van der Waals surface area contributed by atoms with Crippen LogP contribution in [0.2, 0.25) is 0 Å². The third-order valence-electron chi connectivity index (χ3n) is 3.98. The van der Waals surface area contributed by atoms with Gasteiger partial charge in [0, 0.05) is 22.0 Å². The van der Waals surface area contributed by atoms with Gasteiger partial charge in [-0.05, 0) is 36.4 Å². The van der Waals surface area contributed by atoms with Gasteiger partial charge in [-0.3, -0.25) is 0 Å². The quantitative estimate of drug-likeness (QED) is 0.537. The molecular weight excluding hydrogens is 492 g/mol. The molecule has 2 aromatic rings. The summed E-state index contributed by atoms with van der Waals surface area (Å²) in [6.07, 6.45) is 0. The van der Waals surface area contributed by atoms with E-state index in [1.807, 2.05) is 36.4 Å². The second kappa shape index (κ2) is 11.5. The summed E-state index contributed by atoms with van der Waals surface area (Å²) in [7, 11) is 0. The van der Waals surface area contributed by atoms with Gasteiger partial charge in [0.25, 0.3) is 0 Å². The van der Waals surface area contributed by atoms with Gasteiger partial charge in [0.15, 0.2) is 0 Å². The van der Waals surface area contributed by atoms with Crippen LogP contribution in [0.3, 0.4) is 0 Å². The Balaban J connectivity index is 1.68. The zero-order chi connectivity index (χ0) is 19.6. The van der Waals surface area contributed by atoms with E-state index in [1.165, 1.54) is 0 Å². The summed E-state index contributed by atoms with van der Waals surface area (Å²) in [5.74, 6) is 1.55. The van der Waals surface area contributed by atoms with Crippen molar-refractivity contribution in [1.82, 2.24) is 0 Å². The maximum Gasteiger partial charge on any atom is 0.143 e. The Morgan fingerprint density at radius 2 is 1.07 bits per heavy atom. The first kappa shape index (κ1) is 21.2. The maximum atomic E-state index is 5.95. The minimum atomic E-state index is 0.427. The largest absolute Gasteiger partial charge is 0.488 e. The first-order valence-corrected chi connectivity index (χ1v) is 10.8. The minimum absolute atomic E-state index is 0.427. The number of halogens is 2. The van der Waals surface area contributed by atoms with Crippen molar-refractivity contribution in [3.8, 4) is 11.5 Å². The van der Waals surface area contributed by atoms with E-state index in [9.17, 15) is 0 Å². The van der Waals surface area contributed by atoms with Crippen LogP contribution in [0, 0.1) is 0 Å². The van der Waals surface area contributed by atoms with Gasteiger partial charge in [-0.15, -0.1) is 0 Å². The van der Waals surface area contributed by atoms with Crippen LogP contribution in [0.25, 0.3) is 0 Å². The Kier molecular flexibility index (Phi) is 8.72. The Bertz CT molecular complexity index is 697. The normalized spacial score (nSPS) is 16.6. The molecular formula is C20H24Br2N2O4. The van der Waals surface area contributed by atoms with E-state index >= 15 is 0 Å². The number of fused-ring (bicyclic) bond motifs is 2. The van der Waals surface area contributed by atoms with E-state index in [0.717, 1.165) is 31.8 Å². The van der Waals surface area contributed by atoms with Gasteiger partial charge >= 0.3 is 0 Å². The molecule has 0 saturated carbocycles. The standard InChI is InChI=1S/C20H24Br2N2O4/c21-15-1-3-17-19(13-15)27-11-12-28-20-14-16(22)2-4-18(20)24-6-8-26-10-9-25-7-5-23-17/h1-4,13-14,23-24H,5-12H2. The average molecular weight is 516 g/mol. The highest BCUT2D eigenvalue weighted by Crippen LogP contribution is 2.30. The molecule has 1 heterocycles. The lowest BCUT2D eigenvalue weighted by Gasteiger charge is -2.17. The van der Waals surface area contributed by atoms with Gasteiger partial charge in [0.2, 0.25) is 0 Å². The zero-order valence-electron chi connectivity index (χ0n) is 15.5. The molecule has 0 radical (unpaired) electrons. The van der Waals surface area contributed by atoms with Crippen LogP contribution in [-0.2, 0) is 9.47 Å². The lowest BCUT2D eigenvalue weighted by Crippen LogP contribution is -2.17. The molecule has 0 bridgehead atoms. The fraction of sp³-hybridized carbons (Fsp3) is 0.400. The number of ether oxygens (including phenoxy) is 4.